The van der Waals surface area contributed by atoms with Crippen LogP contribution in [0, 0.1) is 0 Å². The molecule has 1 amide bonds. The molecule has 34 heavy (non-hydrogen) atoms. The van der Waals surface area contributed by atoms with Crippen LogP contribution >= 0.6 is 0 Å². The second-order valence-corrected chi connectivity index (χ2v) is 7.83. The molecular formula is C26H24N6O2. The largest absolute Gasteiger partial charge is 0.378 e. The van der Waals surface area contributed by atoms with Crippen molar-refractivity contribution < 1.29 is 9.53 Å². The minimum absolute atomic E-state index is 0.259. The molecule has 0 atom stereocenters. The molecule has 0 unspecified atom stereocenters. The zero-order chi connectivity index (χ0) is 23.3. The number of amides is 1. The number of carbonyl (C=O) groups is 1. The van der Waals surface area contributed by atoms with Gasteiger partial charge in [-0.05, 0) is 54.1 Å². The number of hydrogen-bond acceptors (Lipinski definition) is 7. The van der Waals surface area contributed by atoms with Gasteiger partial charge in [-0.3, -0.25) is 9.78 Å². The van der Waals surface area contributed by atoms with Gasteiger partial charge in [0.25, 0.3) is 0 Å². The van der Waals surface area contributed by atoms with Gasteiger partial charge in [-0.2, -0.15) is 0 Å². The number of fused-ring (bicyclic) bond motifs is 1. The molecule has 0 radical (unpaired) electrons. The molecular weight excluding hydrogens is 428 g/mol. The number of benzene rings is 2. The number of anilines is 4. The summed E-state index contributed by atoms with van der Waals surface area (Å²) in [5.74, 6) is 0.224. The molecule has 1 fully saturated rings. The van der Waals surface area contributed by atoms with Gasteiger partial charge in [-0.1, -0.05) is 18.7 Å². The van der Waals surface area contributed by atoms with Crippen LogP contribution in [-0.2, 0) is 9.53 Å². The van der Waals surface area contributed by atoms with Crippen LogP contribution in [0.1, 0.15) is 0 Å². The van der Waals surface area contributed by atoms with Crippen LogP contribution in [0.5, 0.6) is 0 Å². The van der Waals surface area contributed by atoms with Crippen LogP contribution in [-0.4, -0.2) is 47.2 Å². The predicted octanol–water partition coefficient (Wildman–Crippen LogP) is 4.40. The maximum Gasteiger partial charge on any atom is 0.247 e. The molecule has 0 spiro atoms. The highest BCUT2D eigenvalue weighted by Gasteiger charge is 2.12. The van der Waals surface area contributed by atoms with E-state index in [0.717, 1.165) is 48.6 Å². The third-order valence-corrected chi connectivity index (χ3v) is 5.61. The standard InChI is InChI=1S/C26H24N6O2/c1-2-24(33)29-20-5-3-4-18(16-20)22-10-11-27-23-17-28-26(31-25(22)23)30-19-6-8-21(9-7-19)32-12-14-34-15-13-32/h2-11,16-17H,1,12-15H2,(H,29,33)(H,28,30,31). The lowest BCUT2D eigenvalue weighted by molar-refractivity contribution is -0.111. The number of ether oxygens (including phenoxy) is 1. The fourth-order valence-corrected chi connectivity index (χ4v) is 3.90. The Hall–Kier alpha value is -4.30. The van der Waals surface area contributed by atoms with Crippen molar-refractivity contribution in [1.82, 2.24) is 15.0 Å². The van der Waals surface area contributed by atoms with Crippen LogP contribution in [0.25, 0.3) is 22.2 Å². The summed E-state index contributed by atoms with van der Waals surface area (Å²) in [4.78, 5) is 27.6. The van der Waals surface area contributed by atoms with E-state index in [1.54, 1.807) is 12.4 Å². The summed E-state index contributed by atoms with van der Waals surface area (Å²) in [7, 11) is 0. The SMILES string of the molecule is C=CC(=O)Nc1cccc(-c2ccnc3cnc(Nc4ccc(N5CCOCC5)cc4)nc23)c1. The van der Waals surface area contributed by atoms with Crippen molar-refractivity contribution in [1.29, 1.82) is 0 Å². The molecule has 1 saturated heterocycles. The van der Waals surface area contributed by atoms with E-state index in [9.17, 15) is 4.79 Å². The van der Waals surface area contributed by atoms with Crippen molar-refractivity contribution in [2.75, 3.05) is 41.8 Å². The van der Waals surface area contributed by atoms with E-state index in [2.05, 4.69) is 44.2 Å². The van der Waals surface area contributed by atoms with Crippen molar-refractivity contribution >= 4 is 40.0 Å². The second kappa shape index (κ2) is 9.68. The highest BCUT2D eigenvalue weighted by atomic mass is 16.5. The number of rotatable bonds is 6. The van der Waals surface area contributed by atoms with Crippen LogP contribution < -0.4 is 15.5 Å². The summed E-state index contributed by atoms with van der Waals surface area (Å²) in [6.07, 6.45) is 4.68. The minimum Gasteiger partial charge on any atom is -0.378 e. The van der Waals surface area contributed by atoms with Crippen molar-refractivity contribution in [3.05, 3.63) is 79.6 Å². The summed E-state index contributed by atoms with van der Waals surface area (Å²) >= 11 is 0. The molecule has 2 aromatic heterocycles. The van der Waals surface area contributed by atoms with E-state index in [0.29, 0.717) is 17.2 Å². The first-order valence-electron chi connectivity index (χ1n) is 11.0. The Morgan fingerprint density at radius 2 is 1.85 bits per heavy atom. The van der Waals surface area contributed by atoms with Gasteiger partial charge in [-0.15, -0.1) is 0 Å². The Balaban J connectivity index is 1.41. The number of morpholine rings is 1. The Morgan fingerprint density at radius 3 is 2.65 bits per heavy atom. The predicted molar refractivity (Wildman–Crippen MR) is 134 cm³/mol. The molecule has 170 valence electrons. The lowest BCUT2D eigenvalue weighted by atomic mass is 10.0. The molecule has 2 aromatic carbocycles. The summed E-state index contributed by atoms with van der Waals surface area (Å²) in [6.45, 7) is 6.80. The van der Waals surface area contributed by atoms with Gasteiger partial charge in [0, 0.05) is 41.9 Å². The van der Waals surface area contributed by atoms with E-state index in [-0.39, 0.29) is 5.91 Å². The second-order valence-electron chi connectivity index (χ2n) is 7.83. The first kappa shape index (κ1) is 21.5. The molecule has 0 aliphatic carbocycles. The molecule has 0 saturated carbocycles. The number of nitrogens with zero attached hydrogens (tertiary/aromatic N) is 4. The number of aromatic nitrogens is 3. The first-order chi connectivity index (χ1) is 16.7. The Labute approximate surface area is 197 Å². The third-order valence-electron chi connectivity index (χ3n) is 5.61. The quantitative estimate of drug-likeness (QED) is 0.419. The van der Waals surface area contributed by atoms with Crippen molar-refractivity contribution in [2.45, 2.75) is 0 Å². The maximum absolute atomic E-state index is 11.7. The van der Waals surface area contributed by atoms with Gasteiger partial charge >= 0.3 is 0 Å². The van der Waals surface area contributed by atoms with E-state index in [1.807, 2.05) is 42.5 Å². The lowest BCUT2D eigenvalue weighted by Crippen LogP contribution is -2.36. The third kappa shape index (κ3) is 4.72. The van der Waals surface area contributed by atoms with Gasteiger partial charge in [0.15, 0.2) is 0 Å². The summed E-state index contributed by atoms with van der Waals surface area (Å²) < 4.78 is 5.43. The Kier molecular flexibility index (Phi) is 6.13. The van der Waals surface area contributed by atoms with Gasteiger partial charge in [-0.25, -0.2) is 9.97 Å². The summed E-state index contributed by atoms with van der Waals surface area (Å²) in [5.41, 5.74) is 5.96. The molecule has 1 aliphatic rings. The van der Waals surface area contributed by atoms with Crippen LogP contribution in [0.4, 0.5) is 23.0 Å². The monoisotopic (exact) mass is 452 g/mol. The topological polar surface area (TPSA) is 92.3 Å². The zero-order valence-electron chi connectivity index (χ0n) is 18.6. The number of carbonyl (C=O) groups excluding carboxylic acids is 1. The van der Waals surface area contributed by atoms with Crippen LogP contribution in [0.3, 0.4) is 0 Å². The molecule has 8 nitrogen and oxygen atoms in total. The van der Waals surface area contributed by atoms with Crippen LogP contribution in [0.2, 0.25) is 0 Å². The molecule has 4 aromatic rings. The molecule has 5 rings (SSSR count). The molecule has 8 heteroatoms. The van der Waals surface area contributed by atoms with E-state index >= 15 is 0 Å². The normalized spacial score (nSPS) is 13.5. The highest BCUT2D eigenvalue weighted by molar-refractivity contribution is 6.00. The van der Waals surface area contributed by atoms with Crippen molar-refractivity contribution in [3.8, 4) is 11.1 Å². The van der Waals surface area contributed by atoms with Crippen LogP contribution in [0.15, 0.2) is 79.6 Å². The number of pyridine rings is 1. The molecule has 3 heterocycles. The molecule has 2 N–H and O–H groups in total. The Bertz CT molecular complexity index is 1330. The lowest BCUT2D eigenvalue weighted by Gasteiger charge is -2.28. The van der Waals surface area contributed by atoms with E-state index < -0.39 is 0 Å². The maximum atomic E-state index is 11.7. The number of nitrogens with one attached hydrogen (secondary N) is 2. The molecule has 0 bridgehead atoms. The number of hydrogen-bond donors (Lipinski definition) is 2. The highest BCUT2D eigenvalue weighted by Crippen LogP contribution is 2.29. The molecule has 1 aliphatic heterocycles. The fraction of sp³-hybridized carbons (Fsp3) is 0.154. The Morgan fingerprint density at radius 1 is 1.03 bits per heavy atom. The van der Waals surface area contributed by atoms with E-state index in [1.165, 1.54) is 11.8 Å². The van der Waals surface area contributed by atoms with Crippen molar-refractivity contribution in [2.24, 2.45) is 0 Å². The average Bonchev–Trinajstić information content (AvgIpc) is 2.89. The van der Waals surface area contributed by atoms with Gasteiger partial charge in [0.2, 0.25) is 11.9 Å². The fourth-order valence-electron chi connectivity index (χ4n) is 3.90. The van der Waals surface area contributed by atoms with Gasteiger partial charge < -0.3 is 20.3 Å². The average molecular weight is 453 g/mol. The van der Waals surface area contributed by atoms with Gasteiger partial charge in [0.1, 0.15) is 11.0 Å². The summed E-state index contributed by atoms with van der Waals surface area (Å²) in [5, 5.41) is 6.08. The van der Waals surface area contributed by atoms with E-state index in [4.69, 9.17) is 9.72 Å². The zero-order valence-corrected chi connectivity index (χ0v) is 18.6. The minimum atomic E-state index is -0.259. The first-order valence-corrected chi connectivity index (χ1v) is 11.0. The summed E-state index contributed by atoms with van der Waals surface area (Å²) in [6, 6.07) is 17.7. The van der Waals surface area contributed by atoms with Gasteiger partial charge in [0.05, 0.1) is 19.4 Å². The smallest absolute Gasteiger partial charge is 0.247 e. The van der Waals surface area contributed by atoms with Crippen molar-refractivity contribution in [3.63, 3.8) is 0 Å².